The van der Waals surface area contributed by atoms with Gasteiger partial charge in [-0.2, -0.15) is 0 Å². The summed E-state index contributed by atoms with van der Waals surface area (Å²) in [6.07, 6.45) is 2.40. The number of nitrogens with one attached hydrogen (secondary N) is 1. The van der Waals surface area contributed by atoms with Gasteiger partial charge in [-0.15, -0.1) is 0 Å². The quantitative estimate of drug-likeness (QED) is 0.617. The van der Waals surface area contributed by atoms with Crippen molar-refractivity contribution in [2.75, 3.05) is 0 Å². The third kappa shape index (κ3) is 2.93. The molecule has 1 aromatic rings. The number of nitrogens with two attached hydrogens (primary N) is 1. The Labute approximate surface area is 111 Å². The standard InChI is InChI=1S/C16H26N2/c1-11(2)8-12-6-5-7-13(9-12)15(18-17)14-10-16(14,3)4/h5-7,9,11,14-15,18H,8,10,17H2,1-4H3. The van der Waals surface area contributed by atoms with Gasteiger partial charge >= 0.3 is 0 Å². The molecule has 2 heteroatoms. The first-order valence-electron chi connectivity index (χ1n) is 6.99. The van der Waals surface area contributed by atoms with Crippen LogP contribution in [0.5, 0.6) is 0 Å². The fraction of sp³-hybridized carbons (Fsp3) is 0.625. The molecule has 0 radical (unpaired) electrons. The van der Waals surface area contributed by atoms with E-state index in [2.05, 4.69) is 57.4 Å². The van der Waals surface area contributed by atoms with Crippen molar-refractivity contribution < 1.29 is 0 Å². The molecule has 18 heavy (non-hydrogen) atoms. The number of hydrazine groups is 1. The van der Waals surface area contributed by atoms with E-state index < -0.39 is 0 Å². The van der Waals surface area contributed by atoms with Crippen LogP contribution in [0.3, 0.4) is 0 Å². The van der Waals surface area contributed by atoms with Crippen molar-refractivity contribution >= 4 is 0 Å². The number of hydrogen-bond acceptors (Lipinski definition) is 2. The molecule has 0 amide bonds. The molecule has 0 aliphatic heterocycles. The Morgan fingerprint density at radius 3 is 2.56 bits per heavy atom. The number of rotatable bonds is 5. The predicted octanol–water partition coefficient (Wildman–Crippen LogP) is 3.44. The van der Waals surface area contributed by atoms with Gasteiger partial charge in [-0.3, -0.25) is 11.3 Å². The minimum atomic E-state index is 0.298. The molecular formula is C16H26N2. The van der Waals surface area contributed by atoms with Crippen LogP contribution in [-0.4, -0.2) is 0 Å². The third-order valence-electron chi connectivity index (χ3n) is 4.13. The predicted molar refractivity (Wildman–Crippen MR) is 76.9 cm³/mol. The fourth-order valence-electron chi connectivity index (χ4n) is 2.91. The maximum absolute atomic E-state index is 5.77. The smallest absolute Gasteiger partial charge is 0.0493 e. The van der Waals surface area contributed by atoms with Gasteiger partial charge in [0.25, 0.3) is 0 Å². The highest BCUT2D eigenvalue weighted by Crippen LogP contribution is 2.57. The lowest BCUT2D eigenvalue weighted by Gasteiger charge is -2.19. The van der Waals surface area contributed by atoms with Crippen LogP contribution in [0.4, 0.5) is 0 Å². The summed E-state index contributed by atoms with van der Waals surface area (Å²) in [4.78, 5) is 0. The molecule has 100 valence electrons. The topological polar surface area (TPSA) is 38.0 Å². The Hall–Kier alpha value is -0.860. The molecule has 1 saturated carbocycles. The molecule has 1 aromatic carbocycles. The maximum Gasteiger partial charge on any atom is 0.0493 e. The molecule has 2 unspecified atom stereocenters. The molecule has 2 rings (SSSR count). The molecule has 2 atom stereocenters. The lowest BCUT2D eigenvalue weighted by atomic mass is 9.94. The summed E-state index contributed by atoms with van der Waals surface area (Å²) >= 11 is 0. The van der Waals surface area contributed by atoms with E-state index in [1.54, 1.807) is 0 Å². The summed E-state index contributed by atoms with van der Waals surface area (Å²) in [5.74, 6) is 7.13. The molecule has 0 spiro atoms. The van der Waals surface area contributed by atoms with E-state index in [0.29, 0.717) is 23.3 Å². The molecule has 0 saturated heterocycles. The molecule has 1 fully saturated rings. The Kier molecular flexibility index (Phi) is 3.79. The highest BCUT2D eigenvalue weighted by molar-refractivity contribution is 5.28. The summed E-state index contributed by atoms with van der Waals surface area (Å²) in [5.41, 5.74) is 6.21. The monoisotopic (exact) mass is 246 g/mol. The van der Waals surface area contributed by atoms with Crippen LogP contribution in [0.15, 0.2) is 24.3 Å². The molecule has 0 aromatic heterocycles. The molecule has 3 N–H and O–H groups in total. The number of benzene rings is 1. The summed E-state index contributed by atoms with van der Waals surface area (Å²) in [5, 5.41) is 0. The Balaban J connectivity index is 2.16. The van der Waals surface area contributed by atoms with Crippen molar-refractivity contribution in [3.63, 3.8) is 0 Å². The summed E-state index contributed by atoms with van der Waals surface area (Å²) in [7, 11) is 0. The van der Waals surface area contributed by atoms with Crippen molar-refractivity contribution in [1.29, 1.82) is 0 Å². The average molecular weight is 246 g/mol. The minimum absolute atomic E-state index is 0.298. The van der Waals surface area contributed by atoms with Crippen LogP contribution < -0.4 is 11.3 Å². The zero-order valence-electron chi connectivity index (χ0n) is 12.0. The first-order chi connectivity index (χ1) is 8.44. The van der Waals surface area contributed by atoms with E-state index in [9.17, 15) is 0 Å². The Bertz CT molecular complexity index is 409. The van der Waals surface area contributed by atoms with Crippen LogP contribution >= 0.6 is 0 Å². The number of hydrogen-bond donors (Lipinski definition) is 2. The van der Waals surface area contributed by atoms with Gasteiger partial charge in [0.05, 0.1) is 0 Å². The first-order valence-corrected chi connectivity index (χ1v) is 6.99. The minimum Gasteiger partial charge on any atom is -0.271 e. The van der Waals surface area contributed by atoms with Gasteiger partial charge in [-0.1, -0.05) is 52.0 Å². The van der Waals surface area contributed by atoms with E-state index >= 15 is 0 Å². The summed E-state index contributed by atoms with van der Waals surface area (Å²) in [6.45, 7) is 9.16. The third-order valence-corrected chi connectivity index (χ3v) is 4.13. The second-order valence-electron chi connectivity index (χ2n) is 6.79. The van der Waals surface area contributed by atoms with E-state index in [-0.39, 0.29) is 0 Å². The molecule has 1 aliphatic carbocycles. The van der Waals surface area contributed by atoms with E-state index in [1.165, 1.54) is 17.5 Å². The molecule has 0 bridgehead atoms. The van der Waals surface area contributed by atoms with Crippen LogP contribution in [0.2, 0.25) is 0 Å². The van der Waals surface area contributed by atoms with Crippen LogP contribution in [0.1, 0.15) is 51.3 Å². The Morgan fingerprint density at radius 1 is 1.39 bits per heavy atom. The van der Waals surface area contributed by atoms with Gasteiger partial charge in [0.2, 0.25) is 0 Å². The van der Waals surface area contributed by atoms with Crippen molar-refractivity contribution in [2.24, 2.45) is 23.1 Å². The van der Waals surface area contributed by atoms with E-state index in [1.807, 2.05) is 0 Å². The molecule has 2 nitrogen and oxygen atoms in total. The van der Waals surface area contributed by atoms with Crippen molar-refractivity contribution in [3.8, 4) is 0 Å². The van der Waals surface area contributed by atoms with Gasteiger partial charge in [0, 0.05) is 6.04 Å². The van der Waals surface area contributed by atoms with Crippen molar-refractivity contribution in [1.82, 2.24) is 5.43 Å². The van der Waals surface area contributed by atoms with Crippen LogP contribution in [0, 0.1) is 17.3 Å². The van der Waals surface area contributed by atoms with Gasteiger partial charge < -0.3 is 0 Å². The normalized spacial score (nSPS) is 23.1. The van der Waals surface area contributed by atoms with Crippen LogP contribution in [-0.2, 0) is 6.42 Å². The summed E-state index contributed by atoms with van der Waals surface area (Å²) < 4.78 is 0. The van der Waals surface area contributed by atoms with E-state index in [4.69, 9.17) is 5.84 Å². The average Bonchev–Trinajstić information content (AvgIpc) is 2.88. The highest BCUT2D eigenvalue weighted by atomic mass is 15.2. The fourth-order valence-corrected chi connectivity index (χ4v) is 2.91. The van der Waals surface area contributed by atoms with Crippen LogP contribution in [0.25, 0.3) is 0 Å². The summed E-state index contributed by atoms with van der Waals surface area (Å²) in [6, 6.07) is 9.19. The van der Waals surface area contributed by atoms with Gasteiger partial charge in [-0.25, -0.2) is 0 Å². The lowest BCUT2D eigenvalue weighted by Crippen LogP contribution is -2.30. The largest absolute Gasteiger partial charge is 0.271 e. The highest BCUT2D eigenvalue weighted by Gasteiger charge is 2.50. The molecular weight excluding hydrogens is 220 g/mol. The Morgan fingerprint density at radius 2 is 2.06 bits per heavy atom. The second kappa shape index (κ2) is 5.02. The van der Waals surface area contributed by atoms with Gasteiger partial charge in [-0.05, 0) is 41.2 Å². The second-order valence-corrected chi connectivity index (χ2v) is 6.79. The SMILES string of the molecule is CC(C)Cc1cccc(C(NN)C2CC2(C)C)c1. The molecule has 0 heterocycles. The zero-order chi connectivity index (χ0) is 13.3. The van der Waals surface area contributed by atoms with Gasteiger partial charge in [0.15, 0.2) is 0 Å². The zero-order valence-corrected chi connectivity index (χ0v) is 12.0. The van der Waals surface area contributed by atoms with Crippen molar-refractivity contribution in [3.05, 3.63) is 35.4 Å². The maximum atomic E-state index is 5.77. The molecule has 1 aliphatic rings. The first kappa shape index (κ1) is 13.6. The van der Waals surface area contributed by atoms with Crippen molar-refractivity contribution in [2.45, 2.75) is 46.6 Å². The van der Waals surface area contributed by atoms with Gasteiger partial charge in [0.1, 0.15) is 0 Å². The van der Waals surface area contributed by atoms with E-state index in [0.717, 1.165) is 6.42 Å². The lowest BCUT2D eigenvalue weighted by molar-refractivity contribution is 0.422.